The molecule has 0 saturated heterocycles. The summed E-state index contributed by atoms with van der Waals surface area (Å²) in [5.74, 6) is -0.930. The van der Waals surface area contributed by atoms with E-state index in [0.717, 1.165) is 10.3 Å². The second-order valence-electron chi connectivity index (χ2n) is 4.75. The van der Waals surface area contributed by atoms with Crippen LogP contribution >= 0.6 is 11.8 Å². The quantitative estimate of drug-likeness (QED) is 0.778. The van der Waals surface area contributed by atoms with Crippen molar-refractivity contribution in [3.63, 3.8) is 0 Å². The maximum absolute atomic E-state index is 11.1. The predicted octanol–water partition coefficient (Wildman–Crippen LogP) is 4.39. The number of pyridine rings is 1. The number of fused-ring (bicyclic) bond motifs is 1. The number of aryl methyl sites for hydroxylation is 1. The topological polar surface area (TPSA) is 50.2 Å². The van der Waals surface area contributed by atoms with Gasteiger partial charge in [-0.15, -0.1) is 0 Å². The number of benzene rings is 2. The lowest BCUT2D eigenvalue weighted by atomic mass is 10.1. The molecule has 104 valence electrons. The van der Waals surface area contributed by atoms with Crippen LogP contribution in [0.25, 0.3) is 10.8 Å². The zero-order valence-electron chi connectivity index (χ0n) is 11.4. The fourth-order valence-electron chi connectivity index (χ4n) is 2.17. The van der Waals surface area contributed by atoms with E-state index in [4.69, 9.17) is 5.11 Å². The van der Waals surface area contributed by atoms with Crippen molar-refractivity contribution in [3.05, 3.63) is 65.9 Å². The average Bonchev–Trinajstić information content (AvgIpc) is 2.46. The first-order valence-corrected chi connectivity index (χ1v) is 7.32. The van der Waals surface area contributed by atoms with Gasteiger partial charge >= 0.3 is 5.97 Å². The highest BCUT2D eigenvalue weighted by molar-refractivity contribution is 7.99. The second-order valence-corrected chi connectivity index (χ2v) is 5.85. The Hall–Kier alpha value is -2.33. The van der Waals surface area contributed by atoms with E-state index in [0.29, 0.717) is 10.7 Å². The van der Waals surface area contributed by atoms with Crippen molar-refractivity contribution in [2.24, 2.45) is 0 Å². The van der Waals surface area contributed by atoms with Gasteiger partial charge in [0.25, 0.3) is 0 Å². The van der Waals surface area contributed by atoms with Gasteiger partial charge in [-0.1, -0.05) is 42.1 Å². The van der Waals surface area contributed by atoms with Crippen LogP contribution in [0, 0.1) is 6.92 Å². The van der Waals surface area contributed by atoms with Crippen molar-refractivity contribution in [3.8, 4) is 0 Å². The van der Waals surface area contributed by atoms with Gasteiger partial charge in [0.2, 0.25) is 0 Å². The van der Waals surface area contributed by atoms with E-state index in [-0.39, 0.29) is 5.56 Å². The molecule has 3 nitrogen and oxygen atoms in total. The van der Waals surface area contributed by atoms with E-state index in [9.17, 15) is 4.79 Å². The van der Waals surface area contributed by atoms with Crippen LogP contribution in [0.15, 0.2) is 64.5 Å². The molecule has 0 amide bonds. The van der Waals surface area contributed by atoms with Crippen molar-refractivity contribution in [1.82, 2.24) is 4.98 Å². The molecule has 3 aromatic rings. The Balaban J connectivity index is 1.96. The number of hydrogen-bond acceptors (Lipinski definition) is 3. The number of hydrogen-bond donors (Lipinski definition) is 1. The largest absolute Gasteiger partial charge is 0.478 e. The van der Waals surface area contributed by atoms with Gasteiger partial charge in [0.15, 0.2) is 0 Å². The third-order valence-electron chi connectivity index (χ3n) is 3.12. The normalized spacial score (nSPS) is 10.7. The van der Waals surface area contributed by atoms with Gasteiger partial charge < -0.3 is 5.11 Å². The van der Waals surface area contributed by atoms with Gasteiger partial charge in [-0.2, -0.15) is 0 Å². The zero-order chi connectivity index (χ0) is 14.8. The first-order valence-electron chi connectivity index (χ1n) is 6.50. The summed E-state index contributed by atoms with van der Waals surface area (Å²) in [5, 5.41) is 12.1. The minimum absolute atomic E-state index is 0.269. The van der Waals surface area contributed by atoms with E-state index >= 15 is 0 Å². The number of carbonyl (C=O) groups is 1. The Morgan fingerprint density at radius 1 is 1.05 bits per heavy atom. The molecule has 0 aliphatic heterocycles. The summed E-state index contributed by atoms with van der Waals surface area (Å²) in [6.45, 7) is 1.80. The van der Waals surface area contributed by atoms with Gasteiger partial charge in [-0.25, -0.2) is 9.78 Å². The number of aromatic carboxylic acids is 1. The minimum Gasteiger partial charge on any atom is -0.478 e. The van der Waals surface area contributed by atoms with Crippen molar-refractivity contribution in [2.75, 3.05) is 0 Å². The molecule has 4 heteroatoms. The molecule has 0 spiro atoms. The molecule has 0 atom stereocenters. The van der Waals surface area contributed by atoms with Crippen molar-refractivity contribution in [1.29, 1.82) is 0 Å². The molecule has 1 N–H and O–H groups in total. The highest BCUT2D eigenvalue weighted by Gasteiger charge is 2.08. The van der Waals surface area contributed by atoms with Crippen LogP contribution in [0.4, 0.5) is 0 Å². The Morgan fingerprint density at radius 2 is 1.81 bits per heavy atom. The molecular weight excluding hydrogens is 282 g/mol. The van der Waals surface area contributed by atoms with Crippen LogP contribution in [-0.4, -0.2) is 16.1 Å². The number of aromatic nitrogens is 1. The lowest BCUT2D eigenvalue weighted by molar-refractivity contribution is 0.0696. The average molecular weight is 295 g/mol. The maximum Gasteiger partial charge on any atom is 0.335 e. The summed E-state index contributed by atoms with van der Waals surface area (Å²) < 4.78 is 0. The van der Waals surface area contributed by atoms with Gasteiger partial charge in [-0.05, 0) is 42.0 Å². The van der Waals surface area contributed by atoms with Crippen LogP contribution in [0.3, 0.4) is 0 Å². The zero-order valence-corrected chi connectivity index (χ0v) is 12.2. The van der Waals surface area contributed by atoms with Gasteiger partial charge in [0, 0.05) is 10.6 Å². The molecule has 0 saturated carbocycles. The highest BCUT2D eigenvalue weighted by Crippen LogP contribution is 2.29. The van der Waals surface area contributed by atoms with Crippen molar-refractivity contribution < 1.29 is 9.90 Å². The predicted molar refractivity (Wildman–Crippen MR) is 84.0 cm³/mol. The third kappa shape index (κ3) is 3.06. The number of carboxylic acid groups (broad SMARTS) is 1. The van der Waals surface area contributed by atoms with Gasteiger partial charge in [0.1, 0.15) is 5.03 Å². The second kappa shape index (κ2) is 5.58. The smallest absolute Gasteiger partial charge is 0.335 e. The lowest BCUT2D eigenvalue weighted by Gasteiger charge is -2.05. The summed E-state index contributed by atoms with van der Waals surface area (Å²) in [7, 11) is 0. The molecule has 0 unspecified atom stereocenters. The highest BCUT2D eigenvalue weighted by atomic mass is 32.2. The number of carboxylic acids is 1. The number of nitrogens with zero attached hydrogens (tertiary/aromatic N) is 1. The maximum atomic E-state index is 11.1. The standard InChI is InChI=1S/C17H13NO2S/c1-11-8-14(17(19)20)10-16(18-11)21-15-7-6-12-4-2-3-5-13(12)9-15/h2-10H,1H3,(H,19,20). The molecular formula is C17H13NO2S. The van der Waals surface area contributed by atoms with Crippen LogP contribution < -0.4 is 0 Å². The molecule has 21 heavy (non-hydrogen) atoms. The summed E-state index contributed by atoms with van der Waals surface area (Å²) in [4.78, 5) is 16.5. The van der Waals surface area contributed by atoms with E-state index in [1.165, 1.54) is 17.1 Å². The molecule has 0 aliphatic rings. The first-order chi connectivity index (χ1) is 10.1. The molecule has 1 heterocycles. The molecule has 0 fully saturated rings. The van der Waals surface area contributed by atoms with E-state index in [2.05, 4.69) is 29.2 Å². The lowest BCUT2D eigenvalue weighted by Crippen LogP contribution is -1.98. The Labute approximate surface area is 126 Å². The molecule has 0 aliphatic carbocycles. The Morgan fingerprint density at radius 3 is 2.57 bits per heavy atom. The molecule has 2 aromatic carbocycles. The molecule has 0 bridgehead atoms. The third-order valence-corrected chi connectivity index (χ3v) is 4.03. The molecule has 1 aromatic heterocycles. The first kappa shape index (κ1) is 13.6. The van der Waals surface area contributed by atoms with Crippen LogP contribution in [0.2, 0.25) is 0 Å². The van der Waals surface area contributed by atoms with Gasteiger partial charge in [0.05, 0.1) is 5.56 Å². The monoisotopic (exact) mass is 295 g/mol. The van der Waals surface area contributed by atoms with Gasteiger partial charge in [-0.3, -0.25) is 0 Å². The Kier molecular flexibility index (Phi) is 3.62. The van der Waals surface area contributed by atoms with Crippen LogP contribution in [-0.2, 0) is 0 Å². The minimum atomic E-state index is -0.930. The molecule has 3 rings (SSSR count). The summed E-state index contributed by atoms with van der Waals surface area (Å²) in [6, 6.07) is 17.5. The van der Waals surface area contributed by atoms with Crippen molar-refractivity contribution >= 4 is 28.5 Å². The van der Waals surface area contributed by atoms with E-state index in [1.54, 1.807) is 19.1 Å². The molecule has 0 radical (unpaired) electrons. The van der Waals surface area contributed by atoms with Crippen LogP contribution in [0.1, 0.15) is 16.1 Å². The fourth-order valence-corrected chi connectivity index (χ4v) is 3.10. The SMILES string of the molecule is Cc1cc(C(=O)O)cc(Sc2ccc3ccccc3c2)n1. The summed E-state index contributed by atoms with van der Waals surface area (Å²) >= 11 is 1.47. The summed E-state index contributed by atoms with van der Waals surface area (Å²) in [5.41, 5.74) is 0.976. The van der Waals surface area contributed by atoms with Crippen molar-refractivity contribution in [2.45, 2.75) is 16.8 Å². The van der Waals surface area contributed by atoms with E-state index in [1.807, 2.05) is 18.2 Å². The number of rotatable bonds is 3. The Bertz CT molecular complexity index is 830. The fraction of sp³-hybridized carbons (Fsp3) is 0.0588. The van der Waals surface area contributed by atoms with Crippen LogP contribution in [0.5, 0.6) is 0 Å². The summed E-state index contributed by atoms with van der Waals surface area (Å²) in [6.07, 6.45) is 0. The van der Waals surface area contributed by atoms with E-state index < -0.39 is 5.97 Å².